The van der Waals surface area contributed by atoms with Crippen LogP contribution in [-0.4, -0.2) is 148 Å². The number of carbonyl (C=O) groups is 11. The Hall–Kier alpha value is -14.4. The van der Waals surface area contributed by atoms with Crippen LogP contribution in [0, 0.1) is 20.8 Å². The number of sulfonamides is 1. The number of hydrogen-bond donors (Lipinski definition) is 10. The number of benzene rings is 9. The van der Waals surface area contributed by atoms with Crippen LogP contribution in [0.3, 0.4) is 0 Å². The van der Waals surface area contributed by atoms with Gasteiger partial charge in [-0.1, -0.05) is 168 Å². The van der Waals surface area contributed by atoms with Crippen LogP contribution in [0.5, 0.6) is 5.75 Å². The third-order valence-corrected chi connectivity index (χ3v) is 22.3. The van der Waals surface area contributed by atoms with Crippen molar-refractivity contribution in [1.29, 1.82) is 0 Å². The molecule has 0 bridgehead atoms. The molecular weight excluding hydrogens is 1730 g/mol. The number of aromatic nitrogens is 1. The summed E-state index contributed by atoms with van der Waals surface area (Å²) in [5.41, 5.74) is 15.6. The highest BCUT2D eigenvalue weighted by atomic mass is 79.9. The monoisotopic (exact) mass is 1820 g/mol. The molecule has 646 valence electrons. The van der Waals surface area contributed by atoms with Gasteiger partial charge in [-0.25, -0.2) is 51.7 Å². The summed E-state index contributed by atoms with van der Waals surface area (Å²) in [5.74, 6) is -7.22. The summed E-state index contributed by atoms with van der Waals surface area (Å²) in [6, 6.07) is 66.3. The van der Waals surface area contributed by atoms with Crippen molar-refractivity contribution in [2.45, 2.75) is 62.8 Å². The zero-order chi connectivity index (χ0) is 91.6. The van der Waals surface area contributed by atoms with E-state index < -0.39 is 69.4 Å². The molecule has 0 spiro atoms. The Morgan fingerprint density at radius 1 is 0.568 bits per heavy atom. The molecule has 0 radical (unpaired) electrons. The third kappa shape index (κ3) is 29.4. The molecule has 1 aliphatic heterocycles. The number of nitrogens with two attached hydrogens (primary N) is 1. The number of methoxy groups -OCH3 is 1. The molecule has 3 aromatic heterocycles. The van der Waals surface area contributed by atoms with Crippen LogP contribution in [0.1, 0.15) is 158 Å². The molecule has 28 nitrogen and oxygen atoms in total. The van der Waals surface area contributed by atoms with Gasteiger partial charge in [0.15, 0.2) is 11.6 Å². The average Bonchev–Trinajstić information content (AvgIpc) is 1.71. The van der Waals surface area contributed by atoms with E-state index in [1.165, 1.54) is 71.8 Å². The molecule has 0 atom stereocenters. The molecule has 0 unspecified atom stereocenters. The number of Topliss-reactive ketones (excluding diaryl/α,β-unsaturated/α-hetero) is 2. The van der Waals surface area contributed by atoms with Crippen molar-refractivity contribution >= 4 is 137 Å². The number of ketones is 2. The average molecular weight is 1820 g/mol. The Kier molecular flexibility index (Phi) is 37.3. The number of allylic oxidation sites excluding steroid dienone is 1. The van der Waals surface area contributed by atoms with Crippen molar-refractivity contribution in [3.05, 3.63) is 342 Å². The quantitative estimate of drug-likeness (QED) is 0.0161. The molecular formula is C93H86BrN5O23S3. The lowest BCUT2D eigenvalue weighted by Crippen LogP contribution is -2.36. The molecule has 0 aliphatic carbocycles. The molecule has 12 aromatic rings. The highest BCUT2D eigenvalue weighted by Gasteiger charge is 2.24. The second-order valence-corrected chi connectivity index (χ2v) is 31.4. The van der Waals surface area contributed by atoms with E-state index in [-0.39, 0.29) is 61.8 Å². The summed E-state index contributed by atoms with van der Waals surface area (Å²) in [6.45, 7) is 12.2. The van der Waals surface area contributed by atoms with Crippen LogP contribution in [-0.2, 0) is 31.7 Å². The summed E-state index contributed by atoms with van der Waals surface area (Å²) in [5, 5.41) is 67.5. The Labute approximate surface area is 735 Å². The Morgan fingerprint density at radius 2 is 1.10 bits per heavy atom. The maximum atomic E-state index is 12.3. The number of para-hydroxylation sites is 1. The fourth-order valence-corrected chi connectivity index (χ4v) is 14.9. The first-order chi connectivity index (χ1) is 59.5. The van der Waals surface area contributed by atoms with Crippen LogP contribution < -0.4 is 25.4 Å². The van der Waals surface area contributed by atoms with Crippen molar-refractivity contribution < 1.29 is 111 Å². The van der Waals surface area contributed by atoms with Crippen molar-refractivity contribution in [3.63, 3.8) is 0 Å². The summed E-state index contributed by atoms with van der Waals surface area (Å²) in [6.07, 6.45) is 3.67. The third-order valence-electron chi connectivity index (χ3n) is 17.8. The van der Waals surface area contributed by atoms with Gasteiger partial charge in [-0.15, -0.1) is 23.1 Å². The van der Waals surface area contributed by atoms with E-state index in [1.807, 2.05) is 127 Å². The van der Waals surface area contributed by atoms with Crippen LogP contribution in [0.15, 0.2) is 266 Å². The first-order valence-electron chi connectivity index (χ1n) is 37.6. The number of rotatable bonds is 23. The number of nitrogen functional groups attached to an aromatic ring is 1. The number of ether oxygens (including phenoxy) is 2. The minimum Gasteiger partial charge on any atom is -0.495 e. The van der Waals surface area contributed by atoms with E-state index in [9.17, 15) is 66.3 Å². The number of morpholine rings is 1. The van der Waals surface area contributed by atoms with Gasteiger partial charge in [0.25, 0.3) is 15.9 Å². The molecule has 11 N–H and O–H groups in total. The second-order valence-electron chi connectivity index (χ2n) is 26.7. The molecule has 1 saturated heterocycles. The maximum absolute atomic E-state index is 12.3. The normalized spacial score (nSPS) is 11.1. The lowest BCUT2D eigenvalue weighted by Gasteiger charge is -2.30. The number of thioether (sulfide) groups is 1. The summed E-state index contributed by atoms with van der Waals surface area (Å²) < 4.78 is 43.0. The predicted octanol–water partition coefficient (Wildman–Crippen LogP) is 18.2. The number of hydrogen-bond acceptors (Lipinski definition) is 21. The van der Waals surface area contributed by atoms with Gasteiger partial charge in [-0.2, -0.15) is 0 Å². The number of aryl methyl sites for hydroxylation is 2. The Morgan fingerprint density at radius 3 is 1.61 bits per heavy atom. The number of carboxylic acids is 7. The second kappa shape index (κ2) is 47.7. The Bertz CT molecular complexity index is 5960. The zero-order valence-corrected chi connectivity index (χ0v) is 72.3. The number of nitrogens with zero attached hydrogens (tertiary/aromatic N) is 2. The molecule has 13 rings (SSSR count). The van der Waals surface area contributed by atoms with Crippen LogP contribution in [0.2, 0.25) is 0 Å². The highest BCUT2D eigenvalue weighted by Crippen LogP contribution is 2.32. The lowest BCUT2D eigenvalue weighted by atomic mass is 9.98. The van der Waals surface area contributed by atoms with Gasteiger partial charge >= 0.3 is 41.8 Å². The van der Waals surface area contributed by atoms with E-state index in [0.717, 1.165) is 63.7 Å². The van der Waals surface area contributed by atoms with Gasteiger partial charge in [-0.05, 0) is 159 Å². The first kappa shape index (κ1) is 97.7. The highest BCUT2D eigenvalue weighted by molar-refractivity contribution is 9.10. The predicted molar refractivity (Wildman–Crippen MR) is 479 cm³/mol. The Balaban J connectivity index is 0.000000203. The number of amides is 2. The van der Waals surface area contributed by atoms with Crippen LogP contribution in [0.4, 0.5) is 17.1 Å². The topological polar surface area (TPSA) is 461 Å². The maximum Gasteiger partial charge on any atom is 0.372 e. The van der Waals surface area contributed by atoms with Gasteiger partial charge < -0.3 is 65.6 Å². The van der Waals surface area contributed by atoms with E-state index in [2.05, 4.69) is 37.2 Å². The molecule has 0 saturated carbocycles. The van der Waals surface area contributed by atoms with Crippen molar-refractivity contribution in [2.24, 2.45) is 0 Å². The van der Waals surface area contributed by atoms with E-state index in [0.29, 0.717) is 69.7 Å². The number of furan rings is 1. The number of nitrogens with one attached hydrogen (secondary N) is 2. The minimum absolute atomic E-state index is 0.0153. The molecule has 9 aromatic carbocycles. The van der Waals surface area contributed by atoms with E-state index in [4.69, 9.17) is 50.3 Å². The van der Waals surface area contributed by atoms with Crippen molar-refractivity contribution in [2.75, 3.05) is 49.4 Å². The standard InChI is InChI=1S/C18H13NO2.C17H15NO6S.C17H15NO3.C12H15NO4.C12H10O2S2.C9H10O4.C8H8BrNO2/c20-18(21)15-11-16(13-7-3-1-4-8-13)19-17(12-15)14-9-5-2-6-10-14;1-11(19)18-25(23,24)13-8-6-12(7-9-13)10-16(20)14-4-2-3-5-15(14)17(21)22;1-2-7-12-8-3-6-11-15(12)18-16(19)13-9-4-5-10-14(13)17(20)21;1-16-11-3-2-9(12(14)15)8-10(11)13-4-6-17-7-5-13;13-12(14)10-4-1-3-9(7-10)8-16-11-5-2-6-15-11;1-4-7(5(2)10)6(3)13-8(4)9(11)12;1-4-2-7(10)5(8(11)12)3-6(4)9/h1-12H,(H,20,21);2-9H,10H2,1H3,(H,18,19)(H,21,22);2-11H,1H3,(H,18,19)(H,20,21);2-3,8H,4-7H2,1H3,(H,14,15);1-7H,8H2,(H,13,14);1-3H3,(H,11,12);2-3H,10H2,1H3,(H,11,12)/b;;7-2-;;;;. The van der Waals surface area contributed by atoms with Gasteiger partial charge in [0.05, 0.1) is 91.0 Å². The number of carbonyl (C=O) groups excluding carboxylic acids is 4. The molecule has 1 fully saturated rings. The lowest BCUT2D eigenvalue weighted by molar-refractivity contribution is -0.117. The minimum atomic E-state index is -3.94. The van der Waals surface area contributed by atoms with Gasteiger partial charge in [-0.3, -0.25) is 19.2 Å². The fourth-order valence-electron chi connectivity index (χ4n) is 11.8. The number of anilines is 3. The molecule has 1 aliphatic rings. The van der Waals surface area contributed by atoms with E-state index in [1.54, 1.807) is 123 Å². The number of halogens is 1. The number of aromatic carboxylic acids is 7. The molecule has 125 heavy (non-hydrogen) atoms. The zero-order valence-electron chi connectivity index (χ0n) is 68.2. The summed E-state index contributed by atoms with van der Waals surface area (Å²) in [7, 11) is -2.35. The van der Waals surface area contributed by atoms with Gasteiger partial charge in [0, 0.05) is 70.3 Å². The first-order valence-corrected chi connectivity index (χ1v) is 41.7. The van der Waals surface area contributed by atoms with E-state index >= 15 is 0 Å². The smallest absolute Gasteiger partial charge is 0.372 e. The van der Waals surface area contributed by atoms with Crippen LogP contribution in [0.25, 0.3) is 28.6 Å². The van der Waals surface area contributed by atoms with Crippen molar-refractivity contribution in [3.8, 4) is 28.3 Å². The molecule has 32 heteroatoms. The fraction of sp³-hybridized carbons (Fsp3) is 0.140. The summed E-state index contributed by atoms with van der Waals surface area (Å²) >= 11 is 6.66. The molecule has 2 amide bonds. The largest absolute Gasteiger partial charge is 0.495 e. The number of thiophene rings is 1. The van der Waals surface area contributed by atoms with Crippen LogP contribution >= 0.6 is 39.0 Å². The molecule has 4 heterocycles. The number of carboxylic acid groups (broad SMARTS) is 7. The number of pyridine rings is 1. The SMILES string of the molecule is C/C=C\c1ccccc1NC(=O)c1ccccc1C(=O)O.CC(=O)NS(=O)(=O)c1ccc(CC(=O)c2ccccc2C(=O)O)cc1.CC(=O)c1c(C)oc(C(=O)O)c1C.COc1ccc(C(=O)O)cc1N1CCOCC1.Cc1cc(N)c(C(=O)O)cc1Br.O=C(O)c1cc(-c2ccccc2)nc(-c2ccccc2)c1.O=C(O)c1cccc(CSc2cccs2)c1. The van der Waals surface area contributed by atoms with Gasteiger partial charge in [0.2, 0.25) is 11.7 Å². The van der Waals surface area contributed by atoms with Gasteiger partial charge in [0.1, 0.15) is 11.5 Å². The summed E-state index contributed by atoms with van der Waals surface area (Å²) in [4.78, 5) is 130. The van der Waals surface area contributed by atoms with Crippen molar-refractivity contribution in [1.82, 2.24) is 9.71 Å².